The van der Waals surface area contributed by atoms with Crippen molar-refractivity contribution in [2.75, 3.05) is 7.11 Å². The predicted molar refractivity (Wildman–Crippen MR) is 68.8 cm³/mol. The zero-order chi connectivity index (χ0) is 13.8. The van der Waals surface area contributed by atoms with Gasteiger partial charge in [-0.15, -0.1) is 0 Å². The van der Waals surface area contributed by atoms with Crippen molar-refractivity contribution in [3.05, 3.63) is 28.3 Å². The van der Waals surface area contributed by atoms with E-state index in [0.717, 1.165) is 6.29 Å². The fourth-order valence-corrected chi connectivity index (χ4v) is 1.86. The lowest BCUT2D eigenvalue weighted by molar-refractivity contribution is -0.385. The Morgan fingerprint density at radius 1 is 1.50 bits per heavy atom. The molecule has 0 atom stereocenters. The summed E-state index contributed by atoms with van der Waals surface area (Å²) in [7, 11) is 1.44. The van der Waals surface area contributed by atoms with E-state index in [1.54, 1.807) is 19.9 Å². The molecule has 7 heteroatoms. The molecule has 1 rings (SSSR count). The third kappa shape index (κ3) is 3.71. The minimum absolute atomic E-state index is 0.0363. The van der Waals surface area contributed by atoms with E-state index in [2.05, 4.69) is 4.72 Å². The molecule has 0 amide bonds. The molecule has 6 nitrogen and oxygen atoms in total. The molecule has 1 N–H and O–H groups in total. The highest BCUT2D eigenvalue weighted by molar-refractivity contribution is 7.97. The van der Waals surface area contributed by atoms with Gasteiger partial charge in [-0.2, -0.15) is 0 Å². The Morgan fingerprint density at radius 2 is 2.17 bits per heavy atom. The van der Waals surface area contributed by atoms with Gasteiger partial charge in [0, 0.05) is 6.07 Å². The van der Waals surface area contributed by atoms with Crippen LogP contribution in [0.15, 0.2) is 23.1 Å². The average molecular weight is 270 g/mol. The predicted octanol–water partition coefficient (Wildman–Crippen LogP) is 2.18. The van der Waals surface area contributed by atoms with Crippen LogP contribution in [0.2, 0.25) is 0 Å². The van der Waals surface area contributed by atoms with Crippen LogP contribution in [0.1, 0.15) is 13.8 Å². The molecule has 0 saturated carbocycles. The number of carbonyl (C=O) groups excluding carboxylic acids is 1. The SMILES string of the molecule is COc1cc([N+](=O)[O-])ccc1SNC(C)(C)C=O. The van der Waals surface area contributed by atoms with Crippen LogP contribution in [-0.2, 0) is 4.79 Å². The summed E-state index contributed by atoms with van der Waals surface area (Å²) >= 11 is 1.19. The molecule has 0 saturated heterocycles. The molecular weight excluding hydrogens is 256 g/mol. The Hall–Kier alpha value is -1.60. The molecule has 1 aromatic rings. The number of carbonyl (C=O) groups is 1. The molecule has 18 heavy (non-hydrogen) atoms. The number of rotatable bonds is 6. The highest BCUT2D eigenvalue weighted by atomic mass is 32.2. The first-order valence-corrected chi connectivity index (χ1v) is 5.94. The van der Waals surface area contributed by atoms with Crippen LogP contribution < -0.4 is 9.46 Å². The van der Waals surface area contributed by atoms with Gasteiger partial charge < -0.3 is 9.53 Å². The van der Waals surface area contributed by atoms with Gasteiger partial charge in [0.2, 0.25) is 0 Å². The van der Waals surface area contributed by atoms with Gasteiger partial charge in [-0.25, -0.2) is 4.72 Å². The Kier molecular flexibility index (Phi) is 4.69. The monoisotopic (exact) mass is 270 g/mol. The molecule has 0 unspecified atom stereocenters. The molecule has 0 bridgehead atoms. The van der Waals surface area contributed by atoms with E-state index in [4.69, 9.17) is 4.74 Å². The van der Waals surface area contributed by atoms with Crippen molar-refractivity contribution in [3.8, 4) is 5.75 Å². The minimum Gasteiger partial charge on any atom is -0.495 e. The van der Waals surface area contributed by atoms with E-state index in [0.29, 0.717) is 10.6 Å². The fourth-order valence-electron chi connectivity index (χ4n) is 1.06. The summed E-state index contributed by atoms with van der Waals surface area (Å²) in [5, 5.41) is 10.6. The van der Waals surface area contributed by atoms with Crippen molar-refractivity contribution in [1.29, 1.82) is 0 Å². The van der Waals surface area contributed by atoms with Crippen molar-refractivity contribution in [2.45, 2.75) is 24.3 Å². The number of nitro benzene ring substituents is 1. The number of benzene rings is 1. The quantitative estimate of drug-likeness (QED) is 0.369. The Bertz CT molecular complexity index is 462. The third-order valence-corrected chi connectivity index (χ3v) is 3.26. The zero-order valence-corrected chi connectivity index (χ0v) is 11.1. The van der Waals surface area contributed by atoms with Crippen LogP contribution in [-0.4, -0.2) is 23.9 Å². The highest BCUT2D eigenvalue weighted by Gasteiger charge is 2.18. The summed E-state index contributed by atoms with van der Waals surface area (Å²) < 4.78 is 8.03. The lowest BCUT2D eigenvalue weighted by Gasteiger charge is -2.18. The number of nitro groups is 1. The molecule has 0 aromatic heterocycles. The smallest absolute Gasteiger partial charge is 0.273 e. The maximum Gasteiger partial charge on any atom is 0.273 e. The molecule has 0 fully saturated rings. The zero-order valence-electron chi connectivity index (χ0n) is 10.3. The van der Waals surface area contributed by atoms with E-state index in [1.807, 2.05) is 0 Å². The summed E-state index contributed by atoms with van der Waals surface area (Å²) in [5.41, 5.74) is -0.719. The topological polar surface area (TPSA) is 81.5 Å². The lowest BCUT2D eigenvalue weighted by atomic mass is 10.1. The first-order valence-electron chi connectivity index (χ1n) is 5.12. The summed E-state index contributed by atoms with van der Waals surface area (Å²) in [6.45, 7) is 3.45. The molecule has 0 spiro atoms. The molecule has 1 aromatic carbocycles. The summed E-state index contributed by atoms with van der Waals surface area (Å²) in [5.74, 6) is 0.392. The second kappa shape index (κ2) is 5.83. The van der Waals surface area contributed by atoms with Crippen LogP contribution in [0, 0.1) is 10.1 Å². The number of ether oxygens (including phenoxy) is 1. The van der Waals surface area contributed by atoms with Crippen molar-refractivity contribution in [2.24, 2.45) is 0 Å². The fraction of sp³-hybridized carbons (Fsp3) is 0.364. The van der Waals surface area contributed by atoms with Crippen molar-refractivity contribution in [3.63, 3.8) is 0 Å². The van der Waals surface area contributed by atoms with Gasteiger partial charge in [0.25, 0.3) is 5.69 Å². The maximum absolute atomic E-state index is 10.7. The van der Waals surface area contributed by atoms with E-state index < -0.39 is 10.5 Å². The number of aldehydes is 1. The van der Waals surface area contributed by atoms with Gasteiger partial charge in [-0.05, 0) is 31.9 Å². The van der Waals surface area contributed by atoms with Crippen LogP contribution in [0.3, 0.4) is 0 Å². The molecule has 0 aliphatic rings. The van der Waals surface area contributed by atoms with Gasteiger partial charge in [0.05, 0.1) is 28.5 Å². The summed E-state index contributed by atoms with van der Waals surface area (Å²) in [6, 6.07) is 4.31. The average Bonchev–Trinajstić information content (AvgIpc) is 2.36. The Labute approximate surface area is 109 Å². The first kappa shape index (κ1) is 14.5. The van der Waals surface area contributed by atoms with Crippen LogP contribution in [0.4, 0.5) is 5.69 Å². The molecule has 0 aliphatic heterocycles. The third-order valence-electron chi connectivity index (χ3n) is 2.08. The highest BCUT2D eigenvalue weighted by Crippen LogP contribution is 2.31. The van der Waals surface area contributed by atoms with Gasteiger partial charge in [-0.1, -0.05) is 0 Å². The Balaban J connectivity index is 2.89. The summed E-state index contributed by atoms with van der Waals surface area (Å²) in [4.78, 5) is 21.6. The molecule has 98 valence electrons. The number of nitrogens with one attached hydrogen (secondary N) is 1. The number of non-ortho nitro benzene ring substituents is 1. The van der Waals surface area contributed by atoms with Gasteiger partial charge in [-0.3, -0.25) is 10.1 Å². The Morgan fingerprint density at radius 3 is 2.67 bits per heavy atom. The van der Waals surface area contributed by atoms with E-state index in [-0.39, 0.29) is 5.69 Å². The first-order chi connectivity index (χ1) is 8.39. The standard InChI is InChI=1S/C11H14N2O4S/c1-11(2,7-14)12-18-10-5-4-8(13(15)16)6-9(10)17-3/h4-7,12H,1-3H3. The number of nitrogens with zero attached hydrogens (tertiary/aromatic N) is 1. The van der Waals surface area contributed by atoms with Gasteiger partial charge in [0.1, 0.15) is 12.0 Å². The molecular formula is C11H14N2O4S. The van der Waals surface area contributed by atoms with Gasteiger partial charge in [0.15, 0.2) is 0 Å². The van der Waals surface area contributed by atoms with Crippen molar-refractivity contribution in [1.82, 2.24) is 4.72 Å². The van der Waals surface area contributed by atoms with Crippen molar-refractivity contribution >= 4 is 23.9 Å². The largest absolute Gasteiger partial charge is 0.495 e. The van der Waals surface area contributed by atoms with E-state index in [1.165, 1.54) is 31.2 Å². The van der Waals surface area contributed by atoms with E-state index in [9.17, 15) is 14.9 Å². The second-order valence-corrected chi connectivity index (χ2v) is 4.98. The lowest BCUT2D eigenvalue weighted by Crippen LogP contribution is -2.35. The van der Waals surface area contributed by atoms with Gasteiger partial charge >= 0.3 is 0 Å². The minimum atomic E-state index is -0.683. The van der Waals surface area contributed by atoms with E-state index >= 15 is 0 Å². The van der Waals surface area contributed by atoms with Crippen molar-refractivity contribution < 1.29 is 14.5 Å². The number of methoxy groups -OCH3 is 1. The number of hydrogen-bond donors (Lipinski definition) is 1. The van der Waals surface area contributed by atoms with Crippen LogP contribution in [0.5, 0.6) is 5.75 Å². The number of hydrogen-bond acceptors (Lipinski definition) is 6. The second-order valence-electron chi connectivity index (χ2n) is 4.14. The molecule has 0 aliphatic carbocycles. The molecule has 0 heterocycles. The van der Waals surface area contributed by atoms with Crippen LogP contribution >= 0.6 is 11.9 Å². The van der Waals surface area contributed by atoms with Crippen LogP contribution in [0.25, 0.3) is 0 Å². The normalized spacial score (nSPS) is 11.1. The molecule has 0 radical (unpaired) electrons. The summed E-state index contributed by atoms with van der Waals surface area (Å²) in [6.07, 6.45) is 0.790. The maximum atomic E-state index is 10.7.